The van der Waals surface area contributed by atoms with E-state index in [0.717, 1.165) is 4.90 Å². The minimum atomic E-state index is -1.23. The summed E-state index contributed by atoms with van der Waals surface area (Å²) in [4.78, 5) is 30.1. The van der Waals surface area contributed by atoms with Crippen molar-refractivity contribution in [1.82, 2.24) is 15.2 Å². The number of benzene rings is 1. The molecule has 3 rings (SSSR count). The predicted molar refractivity (Wildman–Crippen MR) is 78.8 cm³/mol. The van der Waals surface area contributed by atoms with Crippen LogP contribution in [-0.4, -0.2) is 21.8 Å². The average molecular weight is 317 g/mol. The SMILES string of the molecule is Cc1nc(CN2C(=O)NC(C)(c3ccc(F)cc3)C2=O)oc1C. The van der Waals surface area contributed by atoms with E-state index >= 15 is 0 Å². The first-order valence-electron chi connectivity index (χ1n) is 7.14. The monoisotopic (exact) mass is 317 g/mol. The van der Waals surface area contributed by atoms with Gasteiger partial charge in [-0.3, -0.25) is 9.69 Å². The fraction of sp³-hybridized carbons (Fsp3) is 0.312. The van der Waals surface area contributed by atoms with E-state index in [4.69, 9.17) is 4.42 Å². The first-order valence-corrected chi connectivity index (χ1v) is 7.14. The second kappa shape index (κ2) is 5.19. The number of nitrogens with one attached hydrogen (secondary N) is 1. The van der Waals surface area contributed by atoms with Gasteiger partial charge in [0, 0.05) is 0 Å². The summed E-state index contributed by atoms with van der Waals surface area (Å²) in [5, 5.41) is 2.65. The van der Waals surface area contributed by atoms with E-state index in [0.29, 0.717) is 22.9 Å². The number of imide groups is 1. The highest BCUT2D eigenvalue weighted by Gasteiger charge is 2.49. The van der Waals surface area contributed by atoms with Gasteiger partial charge in [0.1, 0.15) is 23.7 Å². The van der Waals surface area contributed by atoms with Crippen molar-refractivity contribution in [3.8, 4) is 0 Å². The van der Waals surface area contributed by atoms with Gasteiger partial charge < -0.3 is 9.73 Å². The molecule has 2 heterocycles. The van der Waals surface area contributed by atoms with Crippen LogP contribution < -0.4 is 5.32 Å². The number of carbonyl (C=O) groups is 2. The number of hydrogen-bond donors (Lipinski definition) is 1. The van der Waals surface area contributed by atoms with E-state index in [2.05, 4.69) is 10.3 Å². The molecule has 1 saturated heterocycles. The fourth-order valence-electron chi connectivity index (χ4n) is 2.56. The number of halogens is 1. The van der Waals surface area contributed by atoms with E-state index < -0.39 is 23.3 Å². The molecule has 23 heavy (non-hydrogen) atoms. The Morgan fingerprint density at radius 2 is 1.91 bits per heavy atom. The number of carbonyl (C=O) groups excluding carboxylic acids is 2. The highest BCUT2D eigenvalue weighted by molar-refractivity contribution is 6.07. The third-order valence-corrected chi connectivity index (χ3v) is 4.06. The second-order valence-electron chi connectivity index (χ2n) is 5.70. The van der Waals surface area contributed by atoms with E-state index in [9.17, 15) is 14.0 Å². The van der Waals surface area contributed by atoms with Crippen LogP contribution in [0.5, 0.6) is 0 Å². The Bertz CT molecular complexity index is 765. The molecule has 0 spiro atoms. The molecule has 1 unspecified atom stereocenters. The maximum absolute atomic E-state index is 13.1. The lowest BCUT2D eigenvalue weighted by Crippen LogP contribution is -2.40. The van der Waals surface area contributed by atoms with Gasteiger partial charge in [0.2, 0.25) is 5.89 Å². The van der Waals surface area contributed by atoms with Crippen molar-refractivity contribution in [3.63, 3.8) is 0 Å². The molecule has 1 aromatic carbocycles. The first kappa shape index (κ1) is 15.2. The number of aromatic nitrogens is 1. The van der Waals surface area contributed by atoms with Gasteiger partial charge in [0.25, 0.3) is 5.91 Å². The molecule has 0 aliphatic carbocycles. The van der Waals surface area contributed by atoms with Gasteiger partial charge in [-0.1, -0.05) is 12.1 Å². The summed E-state index contributed by atoms with van der Waals surface area (Å²) in [5.74, 6) is 0.111. The number of oxazole rings is 1. The van der Waals surface area contributed by atoms with E-state index in [1.807, 2.05) is 0 Å². The molecule has 6 nitrogen and oxygen atoms in total. The molecular formula is C16H16FN3O3. The highest BCUT2D eigenvalue weighted by atomic mass is 19.1. The molecule has 0 saturated carbocycles. The molecule has 3 amide bonds. The number of rotatable bonds is 3. The molecule has 120 valence electrons. The van der Waals surface area contributed by atoms with Crippen molar-refractivity contribution in [2.24, 2.45) is 0 Å². The number of nitrogens with zero attached hydrogens (tertiary/aromatic N) is 2. The molecule has 7 heteroatoms. The summed E-state index contributed by atoms with van der Waals surface area (Å²) in [6.45, 7) is 5.10. The molecule has 1 fully saturated rings. The molecule has 1 atom stereocenters. The van der Waals surface area contributed by atoms with Crippen LogP contribution in [0.15, 0.2) is 28.7 Å². The highest BCUT2D eigenvalue weighted by Crippen LogP contribution is 2.30. The third kappa shape index (κ3) is 2.48. The Balaban J connectivity index is 1.88. The van der Waals surface area contributed by atoms with Crippen molar-refractivity contribution in [3.05, 3.63) is 53.0 Å². The number of hydrogen-bond acceptors (Lipinski definition) is 4. The lowest BCUT2D eigenvalue weighted by molar-refractivity contribution is -0.131. The largest absolute Gasteiger partial charge is 0.444 e. The van der Waals surface area contributed by atoms with Gasteiger partial charge in [-0.15, -0.1) is 0 Å². The van der Waals surface area contributed by atoms with E-state index in [1.165, 1.54) is 24.3 Å². The summed E-state index contributed by atoms with van der Waals surface area (Å²) < 4.78 is 18.5. The van der Waals surface area contributed by atoms with Crippen LogP contribution in [-0.2, 0) is 16.9 Å². The van der Waals surface area contributed by atoms with Gasteiger partial charge in [-0.05, 0) is 38.5 Å². The Morgan fingerprint density at radius 3 is 2.48 bits per heavy atom. The standard InChI is InChI=1S/C16H16FN3O3/c1-9-10(2)23-13(18-9)8-20-14(21)16(3,19-15(20)22)11-4-6-12(17)7-5-11/h4-7H,8H2,1-3H3,(H,19,22). The fourth-order valence-corrected chi connectivity index (χ4v) is 2.56. The van der Waals surface area contributed by atoms with E-state index in [-0.39, 0.29) is 6.54 Å². The van der Waals surface area contributed by atoms with Crippen molar-refractivity contribution in [2.75, 3.05) is 0 Å². The van der Waals surface area contributed by atoms with Crippen LogP contribution in [0.25, 0.3) is 0 Å². The van der Waals surface area contributed by atoms with Gasteiger partial charge in [-0.25, -0.2) is 14.2 Å². The quantitative estimate of drug-likeness (QED) is 0.882. The number of aryl methyl sites for hydroxylation is 2. The molecule has 1 N–H and O–H groups in total. The maximum atomic E-state index is 13.1. The number of amides is 3. The lowest BCUT2D eigenvalue weighted by atomic mass is 9.92. The van der Waals surface area contributed by atoms with Gasteiger partial charge in [0.15, 0.2) is 0 Å². The van der Waals surface area contributed by atoms with Crippen LogP contribution >= 0.6 is 0 Å². The van der Waals surface area contributed by atoms with Crippen molar-refractivity contribution >= 4 is 11.9 Å². The minimum absolute atomic E-state index is 0.0455. The Kier molecular flexibility index (Phi) is 3.43. The first-order chi connectivity index (χ1) is 10.8. The second-order valence-corrected chi connectivity index (χ2v) is 5.70. The third-order valence-electron chi connectivity index (χ3n) is 4.06. The van der Waals surface area contributed by atoms with Gasteiger partial charge >= 0.3 is 6.03 Å². The zero-order chi connectivity index (χ0) is 16.8. The molecule has 0 radical (unpaired) electrons. The van der Waals surface area contributed by atoms with Crippen molar-refractivity contribution in [1.29, 1.82) is 0 Å². The van der Waals surface area contributed by atoms with E-state index in [1.54, 1.807) is 20.8 Å². The molecule has 1 aliphatic heterocycles. The normalized spacial score (nSPS) is 21.0. The van der Waals surface area contributed by atoms with Crippen molar-refractivity contribution < 1.29 is 18.4 Å². The smallest absolute Gasteiger partial charge is 0.325 e. The summed E-state index contributed by atoms with van der Waals surface area (Å²) >= 11 is 0. The van der Waals surface area contributed by atoms with Gasteiger partial charge in [-0.2, -0.15) is 0 Å². The van der Waals surface area contributed by atoms with Crippen LogP contribution in [0.1, 0.15) is 29.8 Å². The van der Waals surface area contributed by atoms with Gasteiger partial charge in [0.05, 0.1) is 5.69 Å². The predicted octanol–water partition coefficient (Wildman–Crippen LogP) is 2.40. The summed E-state index contributed by atoms with van der Waals surface area (Å²) in [6.07, 6.45) is 0. The summed E-state index contributed by atoms with van der Waals surface area (Å²) in [6, 6.07) is 4.94. The maximum Gasteiger partial charge on any atom is 0.325 e. The zero-order valence-corrected chi connectivity index (χ0v) is 13.0. The molecular weight excluding hydrogens is 301 g/mol. The summed E-state index contributed by atoms with van der Waals surface area (Å²) in [5.41, 5.74) is -0.00515. The Labute approximate surface area is 132 Å². The topological polar surface area (TPSA) is 75.4 Å². The molecule has 1 aliphatic rings. The zero-order valence-electron chi connectivity index (χ0n) is 13.0. The molecule has 2 aromatic rings. The van der Waals surface area contributed by atoms with Crippen LogP contribution in [0.3, 0.4) is 0 Å². The Hall–Kier alpha value is -2.70. The van der Waals surface area contributed by atoms with Crippen LogP contribution in [0.4, 0.5) is 9.18 Å². The Morgan fingerprint density at radius 1 is 1.26 bits per heavy atom. The molecule has 0 bridgehead atoms. The van der Waals surface area contributed by atoms with Crippen molar-refractivity contribution in [2.45, 2.75) is 32.9 Å². The van der Waals surface area contributed by atoms with Crippen LogP contribution in [0, 0.1) is 19.7 Å². The van der Waals surface area contributed by atoms with Crippen LogP contribution in [0.2, 0.25) is 0 Å². The average Bonchev–Trinajstić information content (AvgIpc) is 2.92. The lowest BCUT2D eigenvalue weighted by Gasteiger charge is -2.21. The number of urea groups is 1. The minimum Gasteiger partial charge on any atom is -0.444 e. The molecule has 1 aromatic heterocycles. The summed E-state index contributed by atoms with van der Waals surface area (Å²) in [7, 11) is 0.